The van der Waals surface area contributed by atoms with Crippen molar-refractivity contribution in [1.29, 1.82) is 0 Å². The number of para-hydroxylation sites is 1. The van der Waals surface area contributed by atoms with Crippen molar-refractivity contribution in [1.82, 2.24) is 10.3 Å². The lowest BCUT2D eigenvalue weighted by Gasteiger charge is -2.14. The highest BCUT2D eigenvalue weighted by atomic mass is 19.1. The van der Waals surface area contributed by atoms with Gasteiger partial charge in [-0.3, -0.25) is 0 Å². The van der Waals surface area contributed by atoms with Gasteiger partial charge in [-0.1, -0.05) is 18.2 Å². The Kier molecular flexibility index (Phi) is 3.71. The minimum absolute atomic E-state index is 0.231. The zero-order chi connectivity index (χ0) is 15.6. The number of nitrogens with zero attached hydrogens (tertiary/aromatic N) is 1. The number of aryl methyl sites for hydroxylation is 1. The van der Waals surface area contributed by atoms with Gasteiger partial charge in [-0.05, 0) is 36.6 Å². The maximum atomic E-state index is 13.2. The molecule has 0 amide bonds. The van der Waals surface area contributed by atoms with Crippen molar-refractivity contribution in [3.63, 3.8) is 0 Å². The van der Waals surface area contributed by atoms with Crippen molar-refractivity contribution in [2.45, 2.75) is 25.4 Å². The number of fused-ring (bicyclic) bond motifs is 2. The Bertz CT molecular complexity index is 804. The average molecular weight is 312 g/mol. The van der Waals surface area contributed by atoms with E-state index in [0.29, 0.717) is 30.1 Å². The number of halogens is 1. The average Bonchev–Trinajstić information content (AvgIpc) is 2.84. The second-order valence-corrected chi connectivity index (χ2v) is 5.75. The molecule has 0 spiro atoms. The Morgan fingerprint density at radius 1 is 1.22 bits per heavy atom. The number of ether oxygens (including phenoxy) is 1. The van der Waals surface area contributed by atoms with Crippen molar-refractivity contribution < 1.29 is 13.5 Å². The maximum absolute atomic E-state index is 13.2. The van der Waals surface area contributed by atoms with Crippen molar-refractivity contribution in [2.75, 3.05) is 6.61 Å². The third kappa shape index (κ3) is 3.05. The fraction of sp³-hybridized carbons (Fsp3) is 0.278. The van der Waals surface area contributed by atoms with Gasteiger partial charge in [0.1, 0.15) is 23.7 Å². The molecule has 1 aromatic heterocycles. The van der Waals surface area contributed by atoms with E-state index in [0.717, 1.165) is 18.6 Å². The quantitative estimate of drug-likeness (QED) is 0.804. The van der Waals surface area contributed by atoms with Gasteiger partial charge in [0.15, 0.2) is 5.58 Å². The van der Waals surface area contributed by atoms with E-state index in [2.05, 4.69) is 16.4 Å². The molecule has 1 aliphatic heterocycles. The van der Waals surface area contributed by atoms with Crippen LogP contribution in [0.1, 0.15) is 17.9 Å². The van der Waals surface area contributed by atoms with Crippen LogP contribution in [0, 0.1) is 5.82 Å². The Hall–Kier alpha value is -2.40. The predicted octanol–water partition coefficient (Wildman–Crippen LogP) is 3.45. The normalized spacial score (nSPS) is 17.5. The van der Waals surface area contributed by atoms with Crippen LogP contribution >= 0.6 is 0 Å². The number of oxazole rings is 1. The standard InChI is InChI=1S/C18H17FN2O2/c19-13-6-8-15-17(9-13)23-18(21-15)10-20-14-7-5-12-3-1-2-4-16(12)22-11-14/h1-4,6,8-9,14,20H,5,7,10-11H2. The number of aromatic nitrogens is 1. The molecule has 0 bridgehead atoms. The first-order valence-electron chi connectivity index (χ1n) is 7.77. The van der Waals surface area contributed by atoms with E-state index in [1.54, 1.807) is 6.07 Å². The summed E-state index contributed by atoms with van der Waals surface area (Å²) in [7, 11) is 0. The van der Waals surface area contributed by atoms with Crippen molar-refractivity contribution >= 4 is 11.1 Å². The molecule has 2 heterocycles. The van der Waals surface area contributed by atoms with Gasteiger partial charge < -0.3 is 14.5 Å². The van der Waals surface area contributed by atoms with Gasteiger partial charge in [-0.2, -0.15) is 0 Å². The molecule has 0 aliphatic carbocycles. The van der Waals surface area contributed by atoms with Crippen LogP contribution in [0.5, 0.6) is 5.75 Å². The van der Waals surface area contributed by atoms with Gasteiger partial charge in [0.2, 0.25) is 5.89 Å². The van der Waals surface area contributed by atoms with Gasteiger partial charge in [-0.15, -0.1) is 0 Å². The number of rotatable bonds is 3. The molecule has 4 nitrogen and oxygen atoms in total. The highest BCUT2D eigenvalue weighted by Gasteiger charge is 2.17. The molecule has 118 valence electrons. The molecule has 0 radical (unpaired) electrons. The summed E-state index contributed by atoms with van der Waals surface area (Å²) in [4.78, 5) is 4.36. The molecule has 0 saturated carbocycles. The Labute approximate surface area is 133 Å². The van der Waals surface area contributed by atoms with Crippen molar-refractivity contribution in [2.24, 2.45) is 0 Å². The summed E-state index contributed by atoms with van der Waals surface area (Å²) in [5, 5.41) is 3.41. The first kappa shape index (κ1) is 14.2. The summed E-state index contributed by atoms with van der Waals surface area (Å²) in [6.07, 6.45) is 1.97. The van der Waals surface area contributed by atoms with E-state index in [1.807, 2.05) is 18.2 Å². The van der Waals surface area contributed by atoms with E-state index in [1.165, 1.54) is 17.7 Å². The molecule has 1 atom stereocenters. The molecular formula is C18H17FN2O2. The van der Waals surface area contributed by atoms with Crippen LogP contribution in [-0.4, -0.2) is 17.6 Å². The van der Waals surface area contributed by atoms with Crippen molar-refractivity contribution in [3.8, 4) is 5.75 Å². The third-order valence-electron chi connectivity index (χ3n) is 4.11. The molecule has 3 aromatic rings. The van der Waals surface area contributed by atoms with Crippen LogP contribution in [0.3, 0.4) is 0 Å². The maximum Gasteiger partial charge on any atom is 0.209 e. The van der Waals surface area contributed by atoms with Crippen LogP contribution in [0.15, 0.2) is 46.9 Å². The minimum Gasteiger partial charge on any atom is -0.492 e. The monoisotopic (exact) mass is 312 g/mol. The Morgan fingerprint density at radius 3 is 3.09 bits per heavy atom. The molecule has 0 fully saturated rings. The van der Waals surface area contributed by atoms with E-state index < -0.39 is 0 Å². The lowest BCUT2D eigenvalue weighted by atomic mass is 10.1. The Morgan fingerprint density at radius 2 is 2.13 bits per heavy atom. The molecule has 23 heavy (non-hydrogen) atoms. The van der Waals surface area contributed by atoms with Gasteiger partial charge in [0.05, 0.1) is 6.54 Å². The second kappa shape index (κ2) is 6.01. The van der Waals surface area contributed by atoms with Crippen LogP contribution < -0.4 is 10.1 Å². The molecule has 1 unspecified atom stereocenters. The third-order valence-corrected chi connectivity index (χ3v) is 4.11. The fourth-order valence-electron chi connectivity index (χ4n) is 2.87. The molecule has 4 rings (SSSR count). The molecule has 2 aromatic carbocycles. The topological polar surface area (TPSA) is 47.3 Å². The van der Waals surface area contributed by atoms with Gasteiger partial charge in [-0.25, -0.2) is 9.37 Å². The lowest BCUT2D eigenvalue weighted by molar-refractivity contribution is 0.263. The minimum atomic E-state index is -0.317. The number of nitrogens with one attached hydrogen (secondary N) is 1. The summed E-state index contributed by atoms with van der Waals surface area (Å²) in [6.45, 7) is 1.12. The summed E-state index contributed by atoms with van der Waals surface area (Å²) in [6, 6.07) is 12.7. The lowest BCUT2D eigenvalue weighted by Crippen LogP contribution is -2.33. The molecular weight excluding hydrogens is 295 g/mol. The predicted molar refractivity (Wildman–Crippen MR) is 84.9 cm³/mol. The zero-order valence-corrected chi connectivity index (χ0v) is 12.6. The first-order valence-corrected chi connectivity index (χ1v) is 7.77. The van der Waals surface area contributed by atoms with Crippen LogP contribution in [-0.2, 0) is 13.0 Å². The molecule has 1 aliphatic rings. The van der Waals surface area contributed by atoms with E-state index in [9.17, 15) is 4.39 Å². The van der Waals surface area contributed by atoms with Crippen LogP contribution in [0.2, 0.25) is 0 Å². The molecule has 0 saturated heterocycles. The van der Waals surface area contributed by atoms with Crippen LogP contribution in [0.25, 0.3) is 11.1 Å². The van der Waals surface area contributed by atoms with Gasteiger partial charge >= 0.3 is 0 Å². The second-order valence-electron chi connectivity index (χ2n) is 5.75. The smallest absolute Gasteiger partial charge is 0.209 e. The van der Waals surface area contributed by atoms with Crippen molar-refractivity contribution in [3.05, 3.63) is 59.7 Å². The highest BCUT2D eigenvalue weighted by molar-refractivity contribution is 5.72. The highest BCUT2D eigenvalue weighted by Crippen LogP contribution is 2.23. The number of benzene rings is 2. The summed E-state index contributed by atoms with van der Waals surface area (Å²) >= 11 is 0. The van der Waals surface area contributed by atoms with Gasteiger partial charge in [0.25, 0.3) is 0 Å². The molecule has 1 N–H and O–H groups in total. The first-order chi connectivity index (χ1) is 11.3. The van der Waals surface area contributed by atoms with E-state index in [-0.39, 0.29) is 11.9 Å². The molecule has 5 heteroatoms. The summed E-state index contributed by atoms with van der Waals surface area (Å²) in [5.41, 5.74) is 2.40. The SMILES string of the molecule is Fc1ccc2nc(CNC3CCc4ccccc4OC3)oc2c1. The Balaban J connectivity index is 1.41. The summed E-state index contributed by atoms with van der Waals surface area (Å²) in [5.74, 6) is 1.21. The largest absolute Gasteiger partial charge is 0.492 e. The number of hydrogen-bond donors (Lipinski definition) is 1. The zero-order valence-electron chi connectivity index (χ0n) is 12.6. The summed E-state index contributed by atoms with van der Waals surface area (Å²) < 4.78 is 24.6. The fourth-order valence-corrected chi connectivity index (χ4v) is 2.87. The van der Waals surface area contributed by atoms with Crippen LogP contribution in [0.4, 0.5) is 4.39 Å². The van der Waals surface area contributed by atoms with E-state index in [4.69, 9.17) is 9.15 Å². The van der Waals surface area contributed by atoms with E-state index >= 15 is 0 Å². The van der Waals surface area contributed by atoms with Gasteiger partial charge in [0, 0.05) is 12.1 Å². The number of hydrogen-bond acceptors (Lipinski definition) is 4.